The summed E-state index contributed by atoms with van der Waals surface area (Å²) in [5.74, 6) is 1.54. The fraction of sp³-hybridized carbons (Fsp3) is 0.316. The van der Waals surface area contributed by atoms with E-state index >= 15 is 0 Å². The van der Waals surface area contributed by atoms with E-state index in [0.717, 1.165) is 10.7 Å². The smallest absolute Gasteiger partial charge is 0.262 e. The number of ether oxygens (including phenoxy) is 1. The molecule has 1 aliphatic heterocycles. The van der Waals surface area contributed by atoms with Crippen molar-refractivity contribution in [1.29, 1.82) is 0 Å². The van der Waals surface area contributed by atoms with Crippen molar-refractivity contribution in [3.05, 3.63) is 50.1 Å². The van der Waals surface area contributed by atoms with Gasteiger partial charge in [-0.15, -0.1) is 23.1 Å². The average Bonchev–Trinajstić information content (AvgIpc) is 3.00. The Morgan fingerprint density at radius 3 is 2.88 bits per heavy atom. The van der Waals surface area contributed by atoms with Crippen molar-refractivity contribution in [3.8, 4) is 5.75 Å². The molecule has 5 heteroatoms. The number of hydrogen-bond donors (Lipinski definition) is 1. The molecule has 1 N–H and O–H groups in total. The largest absolute Gasteiger partial charge is 0.495 e. The average molecular weight is 358 g/mol. The maximum atomic E-state index is 12.6. The number of amides is 1. The molecule has 24 heavy (non-hydrogen) atoms. The SMILES string of the molecule is COc1ccccc1NC(=O)C1=Cc2sc3c(c2CS1)CCCC3. The number of thioether (sulfide) groups is 1. The first kappa shape index (κ1) is 15.8. The van der Waals surface area contributed by atoms with Crippen molar-refractivity contribution in [2.75, 3.05) is 12.4 Å². The number of aryl methyl sites for hydroxylation is 1. The number of methoxy groups -OCH3 is 1. The van der Waals surface area contributed by atoms with E-state index in [0.29, 0.717) is 11.4 Å². The number of para-hydroxylation sites is 2. The summed E-state index contributed by atoms with van der Waals surface area (Å²) in [6.07, 6.45) is 7.07. The summed E-state index contributed by atoms with van der Waals surface area (Å²) in [4.78, 5) is 16.2. The van der Waals surface area contributed by atoms with Gasteiger partial charge in [0.05, 0.1) is 17.7 Å². The Morgan fingerprint density at radius 1 is 1.17 bits per heavy atom. The summed E-state index contributed by atoms with van der Waals surface area (Å²) in [6, 6.07) is 7.50. The van der Waals surface area contributed by atoms with Gasteiger partial charge in [-0.1, -0.05) is 12.1 Å². The van der Waals surface area contributed by atoms with E-state index in [1.807, 2.05) is 35.6 Å². The van der Waals surface area contributed by atoms with E-state index in [-0.39, 0.29) is 5.91 Å². The molecular formula is C19H19NO2S2. The second kappa shape index (κ2) is 6.65. The first-order valence-corrected chi connectivity index (χ1v) is 9.99. The third-order valence-corrected chi connectivity index (χ3v) is 6.85. The van der Waals surface area contributed by atoms with E-state index in [9.17, 15) is 4.79 Å². The number of hydrogen-bond acceptors (Lipinski definition) is 4. The second-order valence-electron chi connectivity index (χ2n) is 6.01. The maximum Gasteiger partial charge on any atom is 0.262 e. The lowest BCUT2D eigenvalue weighted by atomic mass is 9.95. The van der Waals surface area contributed by atoms with Gasteiger partial charge in [0.15, 0.2) is 0 Å². The molecule has 3 nitrogen and oxygen atoms in total. The van der Waals surface area contributed by atoms with E-state index < -0.39 is 0 Å². The number of carbonyl (C=O) groups excluding carboxylic acids is 1. The lowest BCUT2D eigenvalue weighted by molar-refractivity contribution is -0.112. The zero-order valence-electron chi connectivity index (χ0n) is 13.6. The van der Waals surface area contributed by atoms with E-state index in [2.05, 4.69) is 11.4 Å². The number of fused-ring (bicyclic) bond motifs is 3. The Hall–Kier alpha value is -1.72. The topological polar surface area (TPSA) is 38.3 Å². The van der Waals surface area contributed by atoms with Gasteiger partial charge in [0, 0.05) is 15.5 Å². The summed E-state index contributed by atoms with van der Waals surface area (Å²) in [5, 5.41) is 2.98. The van der Waals surface area contributed by atoms with Gasteiger partial charge in [-0.3, -0.25) is 4.79 Å². The van der Waals surface area contributed by atoms with Gasteiger partial charge in [-0.25, -0.2) is 0 Å². The van der Waals surface area contributed by atoms with Crippen LogP contribution < -0.4 is 10.1 Å². The summed E-state index contributed by atoms with van der Waals surface area (Å²) in [6.45, 7) is 0. The van der Waals surface area contributed by atoms with Crippen LogP contribution in [0.5, 0.6) is 5.75 Å². The van der Waals surface area contributed by atoms with Crippen LogP contribution in [0.4, 0.5) is 5.69 Å². The number of carbonyl (C=O) groups is 1. The van der Waals surface area contributed by atoms with Crippen molar-refractivity contribution >= 4 is 40.8 Å². The van der Waals surface area contributed by atoms with Crippen LogP contribution in [-0.4, -0.2) is 13.0 Å². The maximum absolute atomic E-state index is 12.6. The zero-order chi connectivity index (χ0) is 16.5. The van der Waals surface area contributed by atoms with Crippen LogP contribution in [0, 0.1) is 0 Å². The van der Waals surface area contributed by atoms with Crippen LogP contribution in [0.15, 0.2) is 29.2 Å². The molecule has 0 atom stereocenters. The van der Waals surface area contributed by atoms with Gasteiger partial charge in [0.1, 0.15) is 5.75 Å². The molecule has 1 amide bonds. The highest BCUT2D eigenvalue weighted by atomic mass is 32.2. The zero-order valence-corrected chi connectivity index (χ0v) is 15.2. The first-order valence-electron chi connectivity index (χ1n) is 8.18. The van der Waals surface area contributed by atoms with Crippen molar-refractivity contribution in [2.45, 2.75) is 31.4 Å². The number of benzene rings is 1. The molecule has 1 aromatic heterocycles. The minimum absolute atomic E-state index is 0.0541. The molecule has 4 rings (SSSR count). The molecule has 124 valence electrons. The van der Waals surface area contributed by atoms with Crippen molar-refractivity contribution in [1.82, 2.24) is 0 Å². The van der Waals surface area contributed by atoms with E-state index in [1.54, 1.807) is 24.4 Å². The first-order chi connectivity index (χ1) is 11.8. The van der Waals surface area contributed by atoms with Gasteiger partial charge in [0.2, 0.25) is 0 Å². The van der Waals surface area contributed by atoms with E-state index in [4.69, 9.17) is 4.74 Å². The molecule has 2 aliphatic rings. The fourth-order valence-corrected chi connectivity index (χ4v) is 5.84. The third-order valence-electron chi connectivity index (χ3n) is 4.53. The Balaban J connectivity index is 1.58. The van der Waals surface area contributed by atoms with Crippen LogP contribution in [0.25, 0.3) is 6.08 Å². The lowest BCUT2D eigenvalue weighted by Crippen LogP contribution is -2.14. The molecule has 0 saturated carbocycles. The Morgan fingerprint density at radius 2 is 2.00 bits per heavy atom. The van der Waals surface area contributed by atoms with Gasteiger partial charge in [-0.05, 0) is 55.0 Å². The monoisotopic (exact) mass is 357 g/mol. The Kier molecular flexibility index (Phi) is 4.37. The van der Waals surface area contributed by atoms with Gasteiger partial charge < -0.3 is 10.1 Å². The number of rotatable bonds is 3. The molecule has 0 spiro atoms. The number of nitrogens with one attached hydrogen (secondary N) is 1. The highest BCUT2D eigenvalue weighted by molar-refractivity contribution is 8.03. The minimum atomic E-state index is -0.0541. The molecule has 0 unspecified atom stereocenters. The van der Waals surface area contributed by atoms with Gasteiger partial charge in [-0.2, -0.15) is 0 Å². The molecule has 0 fully saturated rings. The lowest BCUT2D eigenvalue weighted by Gasteiger charge is -2.16. The highest BCUT2D eigenvalue weighted by Gasteiger charge is 2.25. The summed E-state index contributed by atoms with van der Waals surface area (Å²) in [7, 11) is 1.61. The van der Waals surface area contributed by atoms with E-state index in [1.165, 1.54) is 41.0 Å². The summed E-state index contributed by atoms with van der Waals surface area (Å²) >= 11 is 3.52. The van der Waals surface area contributed by atoms with Crippen LogP contribution in [-0.2, 0) is 23.4 Å². The second-order valence-corrected chi connectivity index (χ2v) is 8.16. The molecule has 2 heterocycles. The fourth-order valence-electron chi connectivity index (χ4n) is 3.30. The molecule has 0 saturated heterocycles. The Labute approximate surface area is 150 Å². The van der Waals surface area contributed by atoms with Crippen LogP contribution in [0.2, 0.25) is 0 Å². The molecule has 1 aromatic carbocycles. The third kappa shape index (κ3) is 2.87. The normalized spacial score (nSPS) is 16.0. The predicted octanol–water partition coefficient (Wildman–Crippen LogP) is 4.86. The standard InChI is InChI=1S/C19H19NO2S2/c1-22-15-8-4-3-7-14(15)20-19(21)18-10-17-13(11-23-18)12-6-2-5-9-16(12)24-17/h3-4,7-8,10H,2,5-6,9,11H2,1H3,(H,20,21). The summed E-state index contributed by atoms with van der Waals surface area (Å²) < 4.78 is 5.31. The van der Waals surface area contributed by atoms with Crippen LogP contribution in [0.3, 0.4) is 0 Å². The van der Waals surface area contributed by atoms with Gasteiger partial charge >= 0.3 is 0 Å². The van der Waals surface area contributed by atoms with Crippen LogP contribution >= 0.6 is 23.1 Å². The molecule has 2 aromatic rings. The van der Waals surface area contributed by atoms with Crippen LogP contribution in [0.1, 0.15) is 33.7 Å². The summed E-state index contributed by atoms with van der Waals surface area (Å²) in [5.41, 5.74) is 3.74. The van der Waals surface area contributed by atoms with Crippen molar-refractivity contribution in [2.24, 2.45) is 0 Å². The molecule has 0 bridgehead atoms. The van der Waals surface area contributed by atoms with Crippen molar-refractivity contribution in [3.63, 3.8) is 0 Å². The van der Waals surface area contributed by atoms with Crippen molar-refractivity contribution < 1.29 is 9.53 Å². The minimum Gasteiger partial charge on any atom is -0.495 e. The Bertz CT molecular complexity index is 823. The molecule has 1 aliphatic carbocycles. The molecular weight excluding hydrogens is 338 g/mol. The highest BCUT2D eigenvalue weighted by Crippen LogP contribution is 2.42. The number of thiophene rings is 1. The predicted molar refractivity (Wildman–Crippen MR) is 102 cm³/mol. The van der Waals surface area contributed by atoms with Gasteiger partial charge in [0.25, 0.3) is 5.91 Å². The quantitative estimate of drug-likeness (QED) is 0.852. The number of anilines is 1. The molecule has 0 radical (unpaired) electrons.